The third-order valence-electron chi connectivity index (χ3n) is 3.27. The molecule has 0 saturated carbocycles. The van der Waals surface area contributed by atoms with Crippen LogP contribution in [0.4, 0.5) is 13.2 Å². The molecule has 136 valence electrons. The van der Waals surface area contributed by atoms with Gasteiger partial charge in [-0.25, -0.2) is 4.68 Å². The minimum Gasteiger partial charge on any atom is -0.355 e. The Labute approximate surface area is 148 Å². The lowest BCUT2D eigenvalue weighted by Crippen LogP contribution is -2.33. The fourth-order valence-corrected chi connectivity index (χ4v) is 2.72. The monoisotopic (exact) mass is 384 g/mol. The first-order valence-corrected chi connectivity index (χ1v) is 8.17. The van der Waals surface area contributed by atoms with Crippen molar-refractivity contribution >= 4 is 17.2 Å². The molecule has 0 spiro atoms. The van der Waals surface area contributed by atoms with Gasteiger partial charge in [-0.3, -0.25) is 9.59 Å². The molecule has 0 saturated heterocycles. The second-order valence-electron chi connectivity index (χ2n) is 5.09. The normalized spacial score (nSPS) is 11.5. The van der Waals surface area contributed by atoms with Crippen LogP contribution in [0.3, 0.4) is 0 Å². The van der Waals surface area contributed by atoms with E-state index in [4.69, 9.17) is 4.52 Å². The van der Waals surface area contributed by atoms with E-state index in [1.54, 1.807) is 6.07 Å². The van der Waals surface area contributed by atoms with Crippen molar-refractivity contribution in [3.8, 4) is 10.6 Å². The Balaban J connectivity index is 1.62. The lowest BCUT2D eigenvalue weighted by Gasteiger charge is -2.09. The van der Waals surface area contributed by atoms with Gasteiger partial charge in [0.2, 0.25) is 0 Å². The van der Waals surface area contributed by atoms with Gasteiger partial charge in [-0.15, -0.1) is 11.3 Å². The zero-order valence-electron chi connectivity index (χ0n) is 13.0. The van der Waals surface area contributed by atoms with Crippen molar-refractivity contribution in [2.45, 2.75) is 12.7 Å². The van der Waals surface area contributed by atoms with Crippen molar-refractivity contribution in [1.82, 2.24) is 20.3 Å². The van der Waals surface area contributed by atoms with E-state index in [0.717, 1.165) is 10.9 Å². The van der Waals surface area contributed by atoms with Gasteiger partial charge in [0.15, 0.2) is 17.1 Å². The van der Waals surface area contributed by atoms with Gasteiger partial charge < -0.3 is 9.84 Å². The predicted molar refractivity (Wildman–Crippen MR) is 85.6 cm³/mol. The van der Waals surface area contributed by atoms with Crippen LogP contribution < -0.4 is 10.9 Å². The summed E-state index contributed by atoms with van der Waals surface area (Å²) in [6.45, 7) is -0.321. The summed E-state index contributed by atoms with van der Waals surface area (Å²) in [5.41, 5.74) is -1.85. The quantitative estimate of drug-likeness (QED) is 0.730. The lowest BCUT2D eigenvalue weighted by atomic mass is 10.3. The Kier molecular flexibility index (Phi) is 4.89. The molecule has 0 aliphatic rings. The standard InChI is InChI=1S/C15H11F3N4O3S/c16-15(17,18)12-3-4-13(23)22(20-12)6-5-19-14(24)9-8-10(25-21-9)11-2-1-7-26-11/h1-4,7-8H,5-6H2,(H,19,24). The van der Waals surface area contributed by atoms with Crippen LogP contribution in [-0.4, -0.2) is 27.4 Å². The van der Waals surface area contributed by atoms with Crippen molar-refractivity contribution < 1.29 is 22.5 Å². The number of alkyl halides is 3. The Morgan fingerprint density at radius 1 is 1.31 bits per heavy atom. The third kappa shape index (κ3) is 3.99. The number of hydrogen-bond acceptors (Lipinski definition) is 6. The molecule has 1 N–H and O–H groups in total. The topological polar surface area (TPSA) is 90.0 Å². The predicted octanol–water partition coefficient (Wildman–Crippen LogP) is 2.41. The number of aromatic nitrogens is 3. The van der Waals surface area contributed by atoms with E-state index in [1.807, 2.05) is 11.4 Å². The summed E-state index contributed by atoms with van der Waals surface area (Å²) in [6, 6.07) is 6.47. The zero-order valence-corrected chi connectivity index (χ0v) is 13.8. The largest absolute Gasteiger partial charge is 0.435 e. The molecule has 1 amide bonds. The Bertz CT molecular complexity index is 963. The van der Waals surface area contributed by atoms with Crippen molar-refractivity contribution in [2.75, 3.05) is 6.54 Å². The van der Waals surface area contributed by atoms with Crippen LogP contribution in [0.2, 0.25) is 0 Å². The maximum Gasteiger partial charge on any atom is 0.435 e. The molecule has 0 bridgehead atoms. The lowest BCUT2D eigenvalue weighted by molar-refractivity contribution is -0.142. The minimum atomic E-state index is -4.66. The number of carbonyl (C=O) groups excluding carboxylic acids is 1. The van der Waals surface area contributed by atoms with Crippen LogP contribution in [0.5, 0.6) is 0 Å². The first kappa shape index (κ1) is 17.9. The van der Waals surface area contributed by atoms with Crippen LogP contribution in [0.15, 0.2) is 45.0 Å². The second kappa shape index (κ2) is 7.12. The van der Waals surface area contributed by atoms with Crippen molar-refractivity contribution in [3.63, 3.8) is 0 Å². The minimum absolute atomic E-state index is 0.0257. The van der Waals surface area contributed by atoms with Crippen LogP contribution in [0.1, 0.15) is 16.2 Å². The molecule has 0 aliphatic heterocycles. The molecule has 0 atom stereocenters. The summed E-state index contributed by atoms with van der Waals surface area (Å²) in [4.78, 5) is 24.4. The SMILES string of the molecule is O=C(NCCn1nc(C(F)(F)F)ccc1=O)c1cc(-c2cccs2)on1. The van der Waals surface area contributed by atoms with E-state index in [1.165, 1.54) is 17.4 Å². The Morgan fingerprint density at radius 2 is 2.12 bits per heavy atom. The van der Waals surface area contributed by atoms with E-state index >= 15 is 0 Å². The Morgan fingerprint density at radius 3 is 2.81 bits per heavy atom. The summed E-state index contributed by atoms with van der Waals surface area (Å²) >= 11 is 1.42. The molecule has 0 radical (unpaired) electrons. The molecule has 7 nitrogen and oxygen atoms in total. The van der Waals surface area contributed by atoms with Crippen molar-refractivity contribution in [1.29, 1.82) is 0 Å². The molecule has 0 unspecified atom stereocenters. The van der Waals surface area contributed by atoms with Gasteiger partial charge in [0.25, 0.3) is 11.5 Å². The molecule has 0 fully saturated rings. The Hall–Kier alpha value is -2.95. The highest BCUT2D eigenvalue weighted by Gasteiger charge is 2.33. The highest BCUT2D eigenvalue weighted by Crippen LogP contribution is 2.26. The summed E-state index contributed by atoms with van der Waals surface area (Å²) in [7, 11) is 0. The third-order valence-corrected chi connectivity index (χ3v) is 4.16. The van der Waals surface area contributed by atoms with Gasteiger partial charge in [0.1, 0.15) is 0 Å². The van der Waals surface area contributed by atoms with Gasteiger partial charge in [-0.2, -0.15) is 18.3 Å². The first-order valence-electron chi connectivity index (χ1n) is 7.29. The highest BCUT2D eigenvalue weighted by molar-refractivity contribution is 7.13. The number of hydrogen-bond donors (Lipinski definition) is 1. The molecule has 0 aromatic carbocycles. The number of nitrogens with one attached hydrogen (secondary N) is 1. The average molecular weight is 384 g/mol. The van der Waals surface area contributed by atoms with E-state index in [-0.39, 0.29) is 18.8 Å². The van der Waals surface area contributed by atoms with Gasteiger partial charge in [0.05, 0.1) is 11.4 Å². The number of amides is 1. The maximum absolute atomic E-state index is 12.6. The van der Waals surface area contributed by atoms with Crippen LogP contribution in [0.25, 0.3) is 10.6 Å². The molecule has 26 heavy (non-hydrogen) atoms. The second-order valence-corrected chi connectivity index (χ2v) is 6.04. The molecule has 3 aromatic rings. The van der Waals surface area contributed by atoms with Gasteiger partial charge in [0, 0.05) is 18.7 Å². The van der Waals surface area contributed by atoms with E-state index in [0.29, 0.717) is 16.5 Å². The number of thiophene rings is 1. The molecule has 11 heteroatoms. The van der Waals surface area contributed by atoms with E-state index < -0.39 is 23.3 Å². The number of carbonyl (C=O) groups is 1. The first-order chi connectivity index (χ1) is 12.3. The van der Waals surface area contributed by atoms with Gasteiger partial charge in [-0.05, 0) is 17.5 Å². The molecular formula is C15H11F3N4O3S. The van der Waals surface area contributed by atoms with Gasteiger partial charge in [-0.1, -0.05) is 11.2 Å². The maximum atomic E-state index is 12.6. The molecular weight excluding hydrogens is 373 g/mol. The zero-order chi connectivity index (χ0) is 18.7. The van der Waals surface area contributed by atoms with Crippen LogP contribution >= 0.6 is 11.3 Å². The van der Waals surface area contributed by atoms with Crippen LogP contribution in [-0.2, 0) is 12.7 Å². The average Bonchev–Trinajstić information content (AvgIpc) is 3.26. The highest BCUT2D eigenvalue weighted by atomic mass is 32.1. The van der Waals surface area contributed by atoms with Crippen molar-refractivity contribution in [3.05, 3.63) is 57.5 Å². The number of nitrogens with zero attached hydrogens (tertiary/aromatic N) is 3. The molecule has 3 rings (SSSR count). The fraction of sp³-hybridized carbons (Fsp3) is 0.200. The smallest absolute Gasteiger partial charge is 0.355 e. The summed E-state index contributed by atoms with van der Waals surface area (Å²) in [5, 5.41) is 11.2. The summed E-state index contributed by atoms with van der Waals surface area (Å²) in [6.07, 6.45) is -4.66. The van der Waals surface area contributed by atoms with E-state index in [9.17, 15) is 22.8 Å². The number of halogens is 3. The van der Waals surface area contributed by atoms with E-state index in [2.05, 4.69) is 15.6 Å². The number of rotatable bonds is 5. The molecule has 3 heterocycles. The van der Waals surface area contributed by atoms with Gasteiger partial charge >= 0.3 is 6.18 Å². The summed E-state index contributed by atoms with van der Waals surface area (Å²) < 4.78 is 43.6. The molecule has 0 aliphatic carbocycles. The molecule has 3 aromatic heterocycles. The van der Waals surface area contributed by atoms with Crippen molar-refractivity contribution in [2.24, 2.45) is 0 Å². The summed E-state index contributed by atoms with van der Waals surface area (Å²) in [5.74, 6) is -0.141. The fourth-order valence-electron chi connectivity index (χ4n) is 2.04. The van der Waals surface area contributed by atoms with Crippen LogP contribution in [0, 0.1) is 0 Å².